The van der Waals surface area contributed by atoms with Gasteiger partial charge >= 0.3 is 0 Å². The summed E-state index contributed by atoms with van der Waals surface area (Å²) in [7, 11) is 0. The maximum atomic E-state index is 9.84. The van der Waals surface area contributed by atoms with Crippen molar-refractivity contribution in [1.29, 1.82) is 0 Å². The Morgan fingerprint density at radius 1 is 1.70 bits per heavy atom. The molecule has 0 N–H and O–H groups in total. The molecule has 0 aromatic rings. The van der Waals surface area contributed by atoms with Gasteiger partial charge in [0.2, 0.25) is 0 Å². The highest BCUT2D eigenvalue weighted by molar-refractivity contribution is 5.64. The SMILES string of the molecule is O=CC=CCC1CC=CO1. The molecule has 0 saturated heterocycles. The molecule has 2 heteroatoms. The Labute approximate surface area is 60.2 Å². The van der Waals surface area contributed by atoms with Gasteiger partial charge in [0.1, 0.15) is 12.4 Å². The lowest BCUT2D eigenvalue weighted by atomic mass is 10.2. The van der Waals surface area contributed by atoms with Crippen LogP contribution in [0, 0.1) is 0 Å². The predicted molar refractivity (Wildman–Crippen MR) is 38.5 cm³/mol. The molecular weight excluding hydrogens is 128 g/mol. The molecule has 0 fully saturated rings. The second-order valence-corrected chi connectivity index (χ2v) is 2.17. The van der Waals surface area contributed by atoms with Crippen LogP contribution in [0.15, 0.2) is 24.5 Å². The van der Waals surface area contributed by atoms with Crippen molar-refractivity contribution in [2.24, 2.45) is 0 Å². The number of rotatable bonds is 3. The van der Waals surface area contributed by atoms with Crippen molar-refractivity contribution < 1.29 is 9.53 Å². The van der Waals surface area contributed by atoms with Gasteiger partial charge in [0.05, 0.1) is 6.26 Å². The third-order valence-electron chi connectivity index (χ3n) is 1.38. The summed E-state index contributed by atoms with van der Waals surface area (Å²) in [5.74, 6) is 0. The molecule has 0 aromatic carbocycles. The minimum absolute atomic E-state index is 0.260. The summed E-state index contributed by atoms with van der Waals surface area (Å²) in [6, 6.07) is 0. The summed E-state index contributed by atoms with van der Waals surface area (Å²) in [4.78, 5) is 9.84. The van der Waals surface area contributed by atoms with E-state index in [0.717, 1.165) is 19.1 Å². The summed E-state index contributed by atoms with van der Waals surface area (Å²) < 4.78 is 5.15. The van der Waals surface area contributed by atoms with Crippen LogP contribution in [0.3, 0.4) is 0 Å². The monoisotopic (exact) mass is 138 g/mol. The minimum Gasteiger partial charge on any atom is -0.498 e. The highest BCUT2D eigenvalue weighted by Crippen LogP contribution is 2.12. The van der Waals surface area contributed by atoms with E-state index in [-0.39, 0.29) is 6.10 Å². The molecule has 1 aliphatic rings. The number of allylic oxidation sites excluding steroid dienone is 1. The Kier molecular flexibility index (Phi) is 2.74. The van der Waals surface area contributed by atoms with Crippen molar-refractivity contribution >= 4 is 6.29 Å². The zero-order valence-corrected chi connectivity index (χ0v) is 5.69. The van der Waals surface area contributed by atoms with Crippen molar-refractivity contribution in [3.8, 4) is 0 Å². The van der Waals surface area contributed by atoms with Crippen LogP contribution in [0.25, 0.3) is 0 Å². The Hall–Kier alpha value is -1.05. The molecule has 1 unspecified atom stereocenters. The van der Waals surface area contributed by atoms with Crippen LogP contribution in [0.4, 0.5) is 0 Å². The Morgan fingerprint density at radius 2 is 2.60 bits per heavy atom. The van der Waals surface area contributed by atoms with E-state index >= 15 is 0 Å². The first-order chi connectivity index (χ1) is 4.93. The largest absolute Gasteiger partial charge is 0.498 e. The van der Waals surface area contributed by atoms with E-state index in [2.05, 4.69) is 0 Å². The van der Waals surface area contributed by atoms with E-state index in [9.17, 15) is 4.79 Å². The maximum absolute atomic E-state index is 9.84. The quantitative estimate of drug-likeness (QED) is 0.435. The van der Waals surface area contributed by atoms with Crippen LogP contribution in [0.2, 0.25) is 0 Å². The molecule has 0 aromatic heterocycles. The first kappa shape index (κ1) is 7.06. The fourth-order valence-corrected chi connectivity index (χ4v) is 0.867. The van der Waals surface area contributed by atoms with Gasteiger partial charge in [-0.25, -0.2) is 0 Å². The average Bonchev–Trinajstić information content (AvgIpc) is 2.41. The number of carbonyl (C=O) groups excluding carboxylic acids is 1. The smallest absolute Gasteiger partial charge is 0.142 e. The van der Waals surface area contributed by atoms with E-state index in [1.807, 2.05) is 12.2 Å². The molecule has 0 aliphatic carbocycles. The van der Waals surface area contributed by atoms with E-state index in [4.69, 9.17) is 4.74 Å². The van der Waals surface area contributed by atoms with Gasteiger partial charge in [0.25, 0.3) is 0 Å². The molecule has 0 amide bonds. The zero-order chi connectivity index (χ0) is 7.23. The molecule has 1 heterocycles. The minimum atomic E-state index is 0.260. The third-order valence-corrected chi connectivity index (χ3v) is 1.38. The zero-order valence-electron chi connectivity index (χ0n) is 5.69. The Bertz CT molecular complexity index is 151. The van der Waals surface area contributed by atoms with E-state index in [1.54, 1.807) is 6.26 Å². The third kappa shape index (κ3) is 2.05. The normalized spacial score (nSPS) is 23.4. The van der Waals surface area contributed by atoms with Gasteiger partial charge in [-0.15, -0.1) is 0 Å². The maximum Gasteiger partial charge on any atom is 0.142 e. The fraction of sp³-hybridized carbons (Fsp3) is 0.375. The van der Waals surface area contributed by atoms with Gasteiger partial charge in [0.15, 0.2) is 0 Å². The molecule has 0 spiro atoms. The van der Waals surface area contributed by atoms with Gasteiger partial charge in [-0.3, -0.25) is 4.79 Å². The summed E-state index contributed by atoms with van der Waals surface area (Å²) in [5.41, 5.74) is 0. The lowest BCUT2D eigenvalue weighted by Crippen LogP contribution is -2.01. The number of hydrogen-bond acceptors (Lipinski definition) is 2. The molecule has 0 radical (unpaired) electrons. The average molecular weight is 138 g/mol. The molecule has 0 saturated carbocycles. The molecule has 0 bridgehead atoms. The van der Waals surface area contributed by atoms with Crippen LogP contribution >= 0.6 is 0 Å². The molecule has 54 valence electrons. The summed E-state index contributed by atoms with van der Waals surface area (Å²) in [5, 5.41) is 0. The highest BCUT2D eigenvalue weighted by Gasteiger charge is 2.07. The summed E-state index contributed by atoms with van der Waals surface area (Å²) in [6.07, 6.45) is 9.85. The van der Waals surface area contributed by atoms with Crippen molar-refractivity contribution in [2.45, 2.75) is 18.9 Å². The molecule has 2 nitrogen and oxygen atoms in total. The van der Waals surface area contributed by atoms with Crippen LogP contribution in [0.1, 0.15) is 12.8 Å². The lowest BCUT2D eigenvalue weighted by molar-refractivity contribution is -0.104. The molecular formula is C8H10O2. The van der Waals surface area contributed by atoms with Crippen LogP contribution in [-0.2, 0) is 9.53 Å². The van der Waals surface area contributed by atoms with Gasteiger partial charge in [-0.05, 0) is 12.2 Å². The second kappa shape index (κ2) is 3.88. The standard InChI is InChI=1S/C8H10O2/c9-6-2-1-4-8-5-3-7-10-8/h1-3,6-8H,4-5H2. The Morgan fingerprint density at radius 3 is 3.20 bits per heavy atom. The predicted octanol–water partition coefficient (Wildman–Crippen LogP) is 1.43. The van der Waals surface area contributed by atoms with Gasteiger partial charge in [0, 0.05) is 12.8 Å². The fourth-order valence-electron chi connectivity index (χ4n) is 0.867. The van der Waals surface area contributed by atoms with E-state index in [1.165, 1.54) is 6.08 Å². The molecule has 1 rings (SSSR count). The number of ether oxygens (including phenoxy) is 1. The summed E-state index contributed by atoms with van der Waals surface area (Å²) in [6.45, 7) is 0. The van der Waals surface area contributed by atoms with Crippen LogP contribution in [0.5, 0.6) is 0 Å². The molecule has 1 atom stereocenters. The molecule has 10 heavy (non-hydrogen) atoms. The first-order valence-corrected chi connectivity index (χ1v) is 3.34. The van der Waals surface area contributed by atoms with Gasteiger partial charge < -0.3 is 4.74 Å². The van der Waals surface area contributed by atoms with Gasteiger partial charge in [-0.1, -0.05) is 6.08 Å². The van der Waals surface area contributed by atoms with Crippen LogP contribution in [-0.4, -0.2) is 12.4 Å². The van der Waals surface area contributed by atoms with Crippen molar-refractivity contribution in [3.63, 3.8) is 0 Å². The van der Waals surface area contributed by atoms with Crippen LogP contribution < -0.4 is 0 Å². The summed E-state index contributed by atoms with van der Waals surface area (Å²) >= 11 is 0. The topological polar surface area (TPSA) is 26.3 Å². The number of carbonyl (C=O) groups is 1. The lowest BCUT2D eigenvalue weighted by Gasteiger charge is -2.04. The first-order valence-electron chi connectivity index (χ1n) is 3.34. The number of aldehydes is 1. The van der Waals surface area contributed by atoms with E-state index < -0.39 is 0 Å². The van der Waals surface area contributed by atoms with Gasteiger partial charge in [-0.2, -0.15) is 0 Å². The van der Waals surface area contributed by atoms with E-state index in [0.29, 0.717) is 0 Å². The Balaban J connectivity index is 2.14. The number of hydrogen-bond donors (Lipinski definition) is 0. The second-order valence-electron chi connectivity index (χ2n) is 2.17. The highest BCUT2D eigenvalue weighted by atomic mass is 16.5. The van der Waals surface area contributed by atoms with Crippen molar-refractivity contribution in [2.75, 3.05) is 0 Å². The van der Waals surface area contributed by atoms with Crippen molar-refractivity contribution in [1.82, 2.24) is 0 Å². The van der Waals surface area contributed by atoms with Crippen molar-refractivity contribution in [3.05, 3.63) is 24.5 Å². The molecule has 1 aliphatic heterocycles.